The monoisotopic (exact) mass is 511 g/mol. The van der Waals surface area contributed by atoms with Crippen molar-refractivity contribution in [1.29, 1.82) is 0 Å². The molecule has 0 aliphatic heterocycles. The molecule has 0 bridgehead atoms. The van der Waals surface area contributed by atoms with Gasteiger partial charge in [0, 0.05) is 33.1 Å². The number of rotatable bonds is 4. The van der Waals surface area contributed by atoms with Crippen LogP contribution in [0.1, 0.15) is 0 Å². The van der Waals surface area contributed by atoms with Crippen molar-refractivity contribution >= 4 is 60.5 Å². The molecule has 0 radical (unpaired) electrons. The smallest absolute Gasteiger partial charge is 0.135 e. The minimum absolute atomic E-state index is 0.894. The van der Waals surface area contributed by atoms with Gasteiger partial charge in [0.25, 0.3) is 0 Å². The van der Waals surface area contributed by atoms with Crippen molar-refractivity contribution in [2.75, 3.05) is 4.90 Å². The van der Waals surface area contributed by atoms with Crippen molar-refractivity contribution in [1.82, 2.24) is 0 Å². The molecule has 0 unspecified atom stereocenters. The summed E-state index contributed by atoms with van der Waals surface area (Å²) in [7, 11) is 0. The Hall–Kier alpha value is -5.34. The van der Waals surface area contributed by atoms with Gasteiger partial charge >= 0.3 is 0 Å². The lowest BCUT2D eigenvalue weighted by atomic mass is 9.95. The highest BCUT2D eigenvalue weighted by atomic mass is 16.3. The molecule has 2 nitrogen and oxygen atoms in total. The normalized spacial score (nSPS) is 11.5. The van der Waals surface area contributed by atoms with E-state index >= 15 is 0 Å². The zero-order valence-electron chi connectivity index (χ0n) is 21.8. The molecule has 0 saturated carbocycles. The van der Waals surface area contributed by atoms with Gasteiger partial charge < -0.3 is 9.32 Å². The number of anilines is 3. The van der Waals surface area contributed by atoms with E-state index in [1.54, 1.807) is 0 Å². The van der Waals surface area contributed by atoms with Gasteiger partial charge in [-0.05, 0) is 64.2 Å². The van der Waals surface area contributed by atoms with Gasteiger partial charge in [-0.3, -0.25) is 0 Å². The van der Waals surface area contributed by atoms with Gasteiger partial charge in [-0.1, -0.05) is 109 Å². The molecule has 7 aromatic carbocycles. The molecule has 1 aromatic heterocycles. The van der Waals surface area contributed by atoms with Gasteiger partial charge in [-0.15, -0.1) is 0 Å². The van der Waals surface area contributed by atoms with E-state index in [0.717, 1.165) is 39.0 Å². The second-order valence-corrected chi connectivity index (χ2v) is 10.2. The maximum absolute atomic E-state index is 6.18. The third kappa shape index (κ3) is 3.65. The Labute approximate surface area is 232 Å². The first-order valence-corrected chi connectivity index (χ1v) is 13.6. The van der Waals surface area contributed by atoms with Crippen LogP contribution in [0, 0.1) is 0 Å². The van der Waals surface area contributed by atoms with Crippen LogP contribution in [0.3, 0.4) is 0 Å². The molecule has 0 N–H and O–H groups in total. The van der Waals surface area contributed by atoms with Crippen molar-refractivity contribution < 1.29 is 4.42 Å². The fourth-order valence-corrected chi connectivity index (χ4v) is 5.92. The lowest BCUT2D eigenvalue weighted by Gasteiger charge is -2.29. The van der Waals surface area contributed by atoms with E-state index in [1.807, 2.05) is 12.1 Å². The largest absolute Gasteiger partial charge is 0.456 e. The van der Waals surface area contributed by atoms with E-state index in [1.165, 1.54) is 32.7 Å². The van der Waals surface area contributed by atoms with E-state index < -0.39 is 0 Å². The van der Waals surface area contributed by atoms with Gasteiger partial charge in [-0.2, -0.15) is 0 Å². The molecular formula is C38H25NO. The van der Waals surface area contributed by atoms with Crippen molar-refractivity contribution in [2.45, 2.75) is 0 Å². The number of hydrogen-bond donors (Lipinski definition) is 0. The van der Waals surface area contributed by atoms with Crippen LogP contribution in [0.4, 0.5) is 17.1 Å². The predicted octanol–water partition coefficient (Wildman–Crippen LogP) is 11.0. The molecule has 8 rings (SSSR count). The van der Waals surface area contributed by atoms with Crippen LogP contribution in [-0.4, -0.2) is 0 Å². The zero-order valence-corrected chi connectivity index (χ0v) is 21.8. The molecule has 0 fully saturated rings. The SMILES string of the molecule is c1ccc(N(c2ccc3oc4ccccc4c3c2)c2c(-c3ccc4ccccc4c3)ccc3ccccc23)cc1. The molecule has 0 spiro atoms. The summed E-state index contributed by atoms with van der Waals surface area (Å²) < 4.78 is 6.18. The molecular weight excluding hydrogens is 486 g/mol. The summed E-state index contributed by atoms with van der Waals surface area (Å²) in [5, 5.41) is 7.12. The highest BCUT2D eigenvalue weighted by Crippen LogP contribution is 2.46. The topological polar surface area (TPSA) is 16.4 Å². The van der Waals surface area contributed by atoms with Gasteiger partial charge in [0.15, 0.2) is 0 Å². The quantitative estimate of drug-likeness (QED) is 0.234. The molecule has 0 atom stereocenters. The van der Waals surface area contributed by atoms with Crippen molar-refractivity contribution in [3.8, 4) is 11.1 Å². The number of nitrogens with zero attached hydrogens (tertiary/aromatic N) is 1. The summed E-state index contributed by atoms with van der Waals surface area (Å²) in [5.41, 5.74) is 7.53. The fraction of sp³-hybridized carbons (Fsp3) is 0. The third-order valence-corrected chi connectivity index (χ3v) is 7.82. The summed E-state index contributed by atoms with van der Waals surface area (Å²) >= 11 is 0. The van der Waals surface area contributed by atoms with Crippen molar-refractivity contribution in [3.63, 3.8) is 0 Å². The minimum Gasteiger partial charge on any atom is -0.456 e. The number of para-hydroxylation sites is 2. The van der Waals surface area contributed by atoms with Gasteiger partial charge in [0.05, 0.1) is 5.69 Å². The van der Waals surface area contributed by atoms with Gasteiger partial charge in [0.2, 0.25) is 0 Å². The second kappa shape index (κ2) is 9.14. The molecule has 8 aromatic rings. The summed E-state index contributed by atoms with van der Waals surface area (Å²) in [6, 6.07) is 53.9. The third-order valence-electron chi connectivity index (χ3n) is 7.82. The molecule has 1 heterocycles. The van der Waals surface area contributed by atoms with Gasteiger partial charge in [-0.25, -0.2) is 0 Å². The first kappa shape index (κ1) is 22.6. The summed E-state index contributed by atoms with van der Waals surface area (Å²) in [6.45, 7) is 0. The average molecular weight is 512 g/mol. The highest BCUT2D eigenvalue weighted by molar-refractivity contribution is 6.10. The molecule has 0 aliphatic rings. The van der Waals surface area contributed by atoms with E-state index in [4.69, 9.17) is 4.42 Å². The van der Waals surface area contributed by atoms with Crippen LogP contribution in [0.15, 0.2) is 156 Å². The Balaban J connectivity index is 1.45. The number of furan rings is 1. The van der Waals surface area contributed by atoms with Crippen molar-refractivity contribution in [2.24, 2.45) is 0 Å². The molecule has 2 heteroatoms. The summed E-state index contributed by atoms with van der Waals surface area (Å²) in [4.78, 5) is 2.40. The second-order valence-electron chi connectivity index (χ2n) is 10.2. The Bertz CT molecular complexity index is 2170. The fourth-order valence-electron chi connectivity index (χ4n) is 5.92. The Kier molecular flexibility index (Phi) is 5.17. The first-order chi connectivity index (χ1) is 19.8. The average Bonchev–Trinajstić information content (AvgIpc) is 3.40. The summed E-state index contributed by atoms with van der Waals surface area (Å²) in [6.07, 6.45) is 0. The summed E-state index contributed by atoms with van der Waals surface area (Å²) in [5.74, 6) is 0. The Morgan fingerprint density at radius 3 is 1.95 bits per heavy atom. The maximum atomic E-state index is 6.18. The molecule has 0 saturated heterocycles. The maximum Gasteiger partial charge on any atom is 0.135 e. The van der Waals surface area contributed by atoms with E-state index in [2.05, 4.69) is 144 Å². The van der Waals surface area contributed by atoms with Crippen LogP contribution >= 0.6 is 0 Å². The molecule has 40 heavy (non-hydrogen) atoms. The van der Waals surface area contributed by atoms with Crippen LogP contribution in [0.25, 0.3) is 54.6 Å². The minimum atomic E-state index is 0.894. The lowest BCUT2D eigenvalue weighted by molar-refractivity contribution is 0.669. The standard InChI is InChI=1S/C38H25NO/c1-2-13-30(14-3-1)39(31-21-23-37-35(25-31)34-16-8-9-17-36(34)40-37)38-32-15-7-6-11-27(32)20-22-33(38)29-19-18-26-10-4-5-12-28(26)24-29/h1-25H. The molecule has 0 aliphatic carbocycles. The van der Waals surface area contributed by atoms with E-state index in [-0.39, 0.29) is 0 Å². The first-order valence-electron chi connectivity index (χ1n) is 13.6. The Morgan fingerprint density at radius 1 is 0.400 bits per heavy atom. The Morgan fingerprint density at radius 2 is 1.07 bits per heavy atom. The van der Waals surface area contributed by atoms with Crippen LogP contribution in [-0.2, 0) is 0 Å². The van der Waals surface area contributed by atoms with Crippen LogP contribution in [0.2, 0.25) is 0 Å². The number of hydrogen-bond acceptors (Lipinski definition) is 2. The molecule has 188 valence electrons. The zero-order chi connectivity index (χ0) is 26.5. The van der Waals surface area contributed by atoms with Crippen LogP contribution < -0.4 is 4.90 Å². The molecule has 0 amide bonds. The number of fused-ring (bicyclic) bond motifs is 5. The van der Waals surface area contributed by atoms with Crippen molar-refractivity contribution in [3.05, 3.63) is 152 Å². The van der Waals surface area contributed by atoms with E-state index in [0.29, 0.717) is 0 Å². The lowest BCUT2D eigenvalue weighted by Crippen LogP contribution is -2.11. The van der Waals surface area contributed by atoms with Gasteiger partial charge in [0.1, 0.15) is 11.2 Å². The predicted molar refractivity (Wildman–Crippen MR) is 169 cm³/mol. The van der Waals surface area contributed by atoms with E-state index in [9.17, 15) is 0 Å². The van der Waals surface area contributed by atoms with Crippen LogP contribution in [0.5, 0.6) is 0 Å². The number of benzene rings is 7. The highest BCUT2D eigenvalue weighted by Gasteiger charge is 2.21.